The Bertz CT molecular complexity index is 1080. The first-order valence-corrected chi connectivity index (χ1v) is 11.3. The van der Waals surface area contributed by atoms with Crippen molar-refractivity contribution in [3.05, 3.63) is 82.7 Å². The van der Waals surface area contributed by atoms with Crippen molar-refractivity contribution in [2.24, 2.45) is 11.0 Å². The van der Waals surface area contributed by atoms with Gasteiger partial charge < -0.3 is 14.0 Å². The van der Waals surface area contributed by atoms with Crippen LogP contribution in [0.3, 0.4) is 0 Å². The summed E-state index contributed by atoms with van der Waals surface area (Å²) in [7, 11) is 0. The minimum Gasteiger partial charge on any atom is -0.494 e. The number of ether oxygens (including phenoxy) is 2. The Hall–Kier alpha value is -3.54. The van der Waals surface area contributed by atoms with Gasteiger partial charge in [-0.1, -0.05) is 26.0 Å². The molecule has 0 unspecified atom stereocenters. The van der Waals surface area contributed by atoms with Crippen LogP contribution in [0.25, 0.3) is 0 Å². The SMILES string of the molecule is CCOc1ccc(OCc2ccc(C(=O)NN=Cc3cc(C)n(CC(C)C)c3C)cc2)cc1. The molecule has 3 rings (SSSR count). The van der Waals surface area contributed by atoms with E-state index in [1.807, 2.05) is 43.3 Å². The van der Waals surface area contributed by atoms with Crippen molar-refractivity contribution in [1.29, 1.82) is 0 Å². The fraction of sp³-hybridized carbons (Fsp3) is 0.333. The molecule has 1 heterocycles. The number of amides is 1. The zero-order valence-corrected chi connectivity index (χ0v) is 20.1. The third-order valence-electron chi connectivity index (χ3n) is 5.29. The molecule has 174 valence electrons. The summed E-state index contributed by atoms with van der Waals surface area (Å²) in [5.41, 5.74) is 7.48. The number of aryl methyl sites for hydroxylation is 1. The molecule has 0 bridgehead atoms. The lowest BCUT2D eigenvalue weighted by atomic mass is 10.1. The molecule has 1 N–H and O–H groups in total. The summed E-state index contributed by atoms with van der Waals surface area (Å²) in [5.74, 6) is 1.90. The van der Waals surface area contributed by atoms with E-state index >= 15 is 0 Å². The number of nitrogens with one attached hydrogen (secondary N) is 1. The third-order valence-corrected chi connectivity index (χ3v) is 5.29. The van der Waals surface area contributed by atoms with Crippen LogP contribution in [0.5, 0.6) is 11.5 Å². The highest BCUT2D eigenvalue weighted by molar-refractivity contribution is 5.95. The number of hydrazone groups is 1. The predicted octanol–water partition coefficient (Wildman–Crippen LogP) is 5.50. The number of hydrogen-bond donors (Lipinski definition) is 1. The van der Waals surface area contributed by atoms with Gasteiger partial charge in [0.2, 0.25) is 0 Å². The normalized spacial score (nSPS) is 11.2. The van der Waals surface area contributed by atoms with Crippen LogP contribution in [0.1, 0.15) is 53.6 Å². The van der Waals surface area contributed by atoms with E-state index in [-0.39, 0.29) is 5.91 Å². The zero-order chi connectivity index (χ0) is 23.8. The predicted molar refractivity (Wildman–Crippen MR) is 132 cm³/mol. The fourth-order valence-corrected chi connectivity index (χ4v) is 3.55. The van der Waals surface area contributed by atoms with Crippen LogP contribution < -0.4 is 14.9 Å². The Balaban J connectivity index is 1.53. The van der Waals surface area contributed by atoms with Crippen LogP contribution >= 0.6 is 0 Å². The molecule has 0 aliphatic carbocycles. The maximum atomic E-state index is 12.4. The quantitative estimate of drug-likeness (QED) is 0.330. The van der Waals surface area contributed by atoms with Crippen LogP contribution in [0.2, 0.25) is 0 Å². The number of nitrogens with zero attached hydrogens (tertiary/aromatic N) is 2. The molecular formula is C27H33N3O3. The van der Waals surface area contributed by atoms with Crippen LogP contribution in [-0.2, 0) is 13.2 Å². The van der Waals surface area contributed by atoms with Crippen LogP contribution in [-0.4, -0.2) is 23.3 Å². The highest BCUT2D eigenvalue weighted by Gasteiger charge is 2.09. The zero-order valence-electron chi connectivity index (χ0n) is 20.1. The van der Waals surface area contributed by atoms with Gasteiger partial charge in [0.05, 0.1) is 12.8 Å². The van der Waals surface area contributed by atoms with E-state index in [0.717, 1.165) is 34.9 Å². The third kappa shape index (κ3) is 6.72. The number of hydrogen-bond acceptors (Lipinski definition) is 4. The molecular weight excluding hydrogens is 414 g/mol. The molecule has 0 aliphatic rings. The number of aromatic nitrogens is 1. The molecule has 0 atom stereocenters. The van der Waals surface area contributed by atoms with E-state index in [4.69, 9.17) is 9.47 Å². The smallest absolute Gasteiger partial charge is 0.271 e. The second-order valence-corrected chi connectivity index (χ2v) is 8.42. The summed E-state index contributed by atoms with van der Waals surface area (Å²) in [6.45, 7) is 12.5. The number of carbonyl (C=O) groups excluding carboxylic acids is 1. The Labute approximate surface area is 196 Å². The van der Waals surface area contributed by atoms with Crippen LogP contribution in [0.4, 0.5) is 0 Å². The molecule has 2 aromatic carbocycles. The average Bonchev–Trinajstić information content (AvgIpc) is 3.06. The van der Waals surface area contributed by atoms with E-state index in [0.29, 0.717) is 24.7 Å². The van der Waals surface area contributed by atoms with Gasteiger partial charge in [-0.2, -0.15) is 5.10 Å². The lowest BCUT2D eigenvalue weighted by Gasteiger charge is -2.11. The fourth-order valence-electron chi connectivity index (χ4n) is 3.55. The molecule has 0 saturated heterocycles. The largest absolute Gasteiger partial charge is 0.494 e. The minimum absolute atomic E-state index is 0.249. The Morgan fingerprint density at radius 2 is 1.67 bits per heavy atom. The molecule has 0 aliphatic heterocycles. The van der Waals surface area contributed by atoms with Gasteiger partial charge in [-0.15, -0.1) is 0 Å². The maximum absolute atomic E-state index is 12.4. The number of rotatable bonds is 10. The maximum Gasteiger partial charge on any atom is 0.271 e. The monoisotopic (exact) mass is 447 g/mol. The summed E-state index contributed by atoms with van der Waals surface area (Å²) < 4.78 is 13.5. The van der Waals surface area contributed by atoms with Crippen molar-refractivity contribution >= 4 is 12.1 Å². The van der Waals surface area contributed by atoms with Gasteiger partial charge in [0.1, 0.15) is 18.1 Å². The highest BCUT2D eigenvalue weighted by Crippen LogP contribution is 2.19. The van der Waals surface area contributed by atoms with Gasteiger partial charge in [-0.05, 0) is 74.7 Å². The molecule has 0 saturated carbocycles. The molecule has 0 fully saturated rings. The first kappa shape index (κ1) is 24.1. The van der Waals surface area contributed by atoms with Gasteiger partial charge in [0.25, 0.3) is 5.91 Å². The second-order valence-electron chi connectivity index (χ2n) is 8.42. The number of benzene rings is 2. The summed E-state index contributed by atoms with van der Waals surface area (Å²) in [4.78, 5) is 12.4. The molecule has 33 heavy (non-hydrogen) atoms. The first-order chi connectivity index (χ1) is 15.9. The van der Waals surface area contributed by atoms with Crippen molar-refractivity contribution in [3.8, 4) is 11.5 Å². The second kappa shape index (κ2) is 11.4. The Morgan fingerprint density at radius 1 is 1.03 bits per heavy atom. The standard InChI is InChI=1S/C27H33N3O3/c1-6-32-25-11-13-26(14-12-25)33-18-22-7-9-23(10-8-22)27(31)29-28-16-24-15-20(4)30(21(24)5)17-19(2)3/h7-16,19H,6,17-18H2,1-5H3,(H,29,31). The lowest BCUT2D eigenvalue weighted by molar-refractivity contribution is 0.0955. The highest BCUT2D eigenvalue weighted by atomic mass is 16.5. The molecule has 6 heteroatoms. The van der Waals surface area contributed by atoms with E-state index < -0.39 is 0 Å². The van der Waals surface area contributed by atoms with Crippen LogP contribution in [0.15, 0.2) is 59.7 Å². The first-order valence-electron chi connectivity index (χ1n) is 11.3. The van der Waals surface area contributed by atoms with Crippen molar-refractivity contribution in [3.63, 3.8) is 0 Å². The summed E-state index contributed by atoms with van der Waals surface area (Å²) in [6.07, 6.45) is 1.70. The molecule has 6 nitrogen and oxygen atoms in total. The van der Waals surface area contributed by atoms with Crippen molar-refractivity contribution < 1.29 is 14.3 Å². The van der Waals surface area contributed by atoms with Crippen molar-refractivity contribution in [1.82, 2.24) is 9.99 Å². The molecule has 1 amide bonds. The van der Waals surface area contributed by atoms with Gasteiger partial charge in [0, 0.05) is 29.1 Å². The van der Waals surface area contributed by atoms with E-state index in [1.54, 1.807) is 18.3 Å². The number of carbonyl (C=O) groups is 1. The summed E-state index contributed by atoms with van der Waals surface area (Å²) >= 11 is 0. The van der Waals surface area contributed by atoms with Crippen molar-refractivity contribution in [2.75, 3.05) is 6.61 Å². The van der Waals surface area contributed by atoms with Crippen LogP contribution in [0, 0.1) is 19.8 Å². The Morgan fingerprint density at radius 3 is 2.27 bits per heavy atom. The van der Waals surface area contributed by atoms with E-state index in [2.05, 4.69) is 48.9 Å². The molecule has 1 aromatic heterocycles. The Kier molecular flexibility index (Phi) is 8.30. The summed E-state index contributed by atoms with van der Waals surface area (Å²) in [5, 5.41) is 4.16. The van der Waals surface area contributed by atoms with Crippen molar-refractivity contribution in [2.45, 2.75) is 47.8 Å². The van der Waals surface area contributed by atoms with Gasteiger partial charge in [-0.3, -0.25) is 4.79 Å². The summed E-state index contributed by atoms with van der Waals surface area (Å²) in [6, 6.07) is 16.9. The van der Waals surface area contributed by atoms with Gasteiger partial charge in [0.15, 0.2) is 0 Å². The lowest BCUT2D eigenvalue weighted by Crippen LogP contribution is -2.17. The van der Waals surface area contributed by atoms with E-state index in [1.165, 1.54) is 5.69 Å². The molecule has 0 spiro atoms. The van der Waals surface area contributed by atoms with Gasteiger partial charge >= 0.3 is 0 Å². The van der Waals surface area contributed by atoms with Gasteiger partial charge in [-0.25, -0.2) is 5.43 Å². The molecule has 3 aromatic rings. The molecule has 0 radical (unpaired) electrons. The topological polar surface area (TPSA) is 64.8 Å². The average molecular weight is 448 g/mol. The minimum atomic E-state index is -0.249. The van der Waals surface area contributed by atoms with E-state index in [9.17, 15) is 4.79 Å².